The Morgan fingerprint density at radius 2 is 1.82 bits per heavy atom. The van der Waals surface area contributed by atoms with Gasteiger partial charge in [-0.3, -0.25) is 4.79 Å². The Morgan fingerprint density at radius 3 is 2.45 bits per heavy atom. The largest absolute Gasteiger partial charge is 0.497 e. The molecule has 22 heavy (non-hydrogen) atoms. The molecule has 0 radical (unpaired) electrons. The molecule has 0 aliphatic rings. The van der Waals surface area contributed by atoms with E-state index in [-0.39, 0.29) is 5.78 Å². The Hall–Kier alpha value is -2.81. The monoisotopic (exact) mass is 293 g/mol. The van der Waals surface area contributed by atoms with Gasteiger partial charge < -0.3 is 10.1 Å². The van der Waals surface area contributed by atoms with Gasteiger partial charge in [-0.2, -0.15) is 0 Å². The highest BCUT2D eigenvalue weighted by molar-refractivity contribution is 6.05. The van der Waals surface area contributed by atoms with Gasteiger partial charge in [0.2, 0.25) is 0 Å². The van der Waals surface area contributed by atoms with Gasteiger partial charge in [0.1, 0.15) is 5.75 Å². The lowest BCUT2D eigenvalue weighted by Crippen LogP contribution is -2.02. The van der Waals surface area contributed by atoms with Crippen molar-refractivity contribution in [3.8, 4) is 5.75 Å². The first-order valence-corrected chi connectivity index (χ1v) is 6.99. The summed E-state index contributed by atoms with van der Waals surface area (Å²) in [5, 5.41) is 3.23. The van der Waals surface area contributed by atoms with Crippen LogP contribution in [-0.4, -0.2) is 12.9 Å². The van der Waals surface area contributed by atoms with Crippen molar-refractivity contribution in [1.29, 1.82) is 0 Å². The minimum Gasteiger partial charge on any atom is -0.497 e. The molecule has 2 aromatic rings. The second kappa shape index (κ2) is 7.27. The molecule has 112 valence electrons. The molecule has 0 spiro atoms. The van der Waals surface area contributed by atoms with E-state index in [9.17, 15) is 4.79 Å². The van der Waals surface area contributed by atoms with Crippen LogP contribution in [-0.2, 0) is 0 Å². The lowest BCUT2D eigenvalue weighted by molar-refractivity contribution is 0.104. The summed E-state index contributed by atoms with van der Waals surface area (Å²) in [4.78, 5) is 12.2. The maximum absolute atomic E-state index is 12.2. The normalized spacial score (nSPS) is 10.9. The summed E-state index contributed by atoms with van der Waals surface area (Å²) < 4.78 is 5.09. The van der Waals surface area contributed by atoms with Gasteiger partial charge in [0.25, 0.3) is 0 Å². The highest BCUT2D eigenvalue weighted by Crippen LogP contribution is 2.18. The van der Waals surface area contributed by atoms with Gasteiger partial charge >= 0.3 is 0 Å². The molecule has 0 amide bonds. The van der Waals surface area contributed by atoms with Gasteiger partial charge in [0, 0.05) is 23.0 Å². The zero-order chi connectivity index (χ0) is 15.9. The Labute approximate surface area is 130 Å². The zero-order valence-electron chi connectivity index (χ0n) is 12.8. The molecule has 3 nitrogen and oxygen atoms in total. The van der Waals surface area contributed by atoms with Gasteiger partial charge in [-0.15, -0.1) is 0 Å². The van der Waals surface area contributed by atoms with Crippen molar-refractivity contribution in [3.05, 3.63) is 78.0 Å². The van der Waals surface area contributed by atoms with E-state index in [0.29, 0.717) is 5.56 Å². The summed E-state index contributed by atoms with van der Waals surface area (Å²) in [5.74, 6) is 0.680. The molecule has 0 aliphatic heterocycles. The molecule has 0 aliphatic carbocycles. The number of ketones is 1. The topological polar surface area (TPSA) is 38.3 Å². The second-order valence-electron chi connectivity index (χ2n) is 4.84. The van der Waals surface area contributed by atoms with Crippen molar-refractivity contribution in [3.63, 3.8) is 0 Å². The maximum atomic E-state index is 12.2. The number of para-hydroxylation sites is 1. The van der Waals surface area contributed by atoms with Crippen LogP contribution in [0.5, 0.6) is 5.75 Å². The first-order chi connectivity index (χ1) is 10.6. The van der Waals surface area contributed by atoms with Crippen molar-refractivity contribution < 1.29 is 9.53 Å². The SMILES string of the molecule is C=Cc1ccccc1N/C(C)=C\C(=O)c1ccc(OC)cc1. The highest BCUT2D eigenvalue weighted by atomic mass is 16.5. The first-order valence-electron chi connectivity index (χ1n) is 6.99. The summed E-state index contributed by atoms with van der Waals surface area (Å²) in [6.07, 6.45) is 3.36. The van der Waals surface area contributed by atoms with E-state index >= 15 is 0 Å². The van der Waals surface area contributed by atoms with E-state index < -0.39 is 0 Å². The number of nitrogens with one attached hydrogen (secondary N) is 1. The molecule has 2 rings (SSSR count). The van der Waals surface area contributed by atoms with Crippen LogP contribution in [0.25, 0.3) is 6.08 Å². The van der Waals surface area contributed by atoms with Crippen LogP contribution < -0.4 is 10.1 Å². The van der Waals surface area contributed by atoms with Gasteiger partial charge in [0.15, 0.2) is 5.78 Å². The molecule has 0 heterocycles. The maximum Gasteiger partial charge on any atom is 0.187 e. The van der Waals surface area contributed by atoms with Crippen LogP contribution in [0.2, 0.25) is 0 Å². The number of hydrogen-bond donors (Lipinski definition) is 1. The predicted octanol–water partition coefficient (Wildman–Crippen LogP) is 4.54. The number of allylic oxidation sites excluding steroid dienone is 2. The minimum atomic E-state index is -0.0521. The molecule has 0 saturated carbocycles. The smallest absolute Gasteiger partial charge is 0.187 e. The number of rotatable bonds is 6. The van der Waals surface area contributed by atoms with E-state index in [4.69, 9.17) is 4.74 Å². The van der Waals surface area contributed by atoms with Crippen LogP contribution in [0.4, 0.5) is 5.69 Å². The third-order valence-electron chi connectivity index (χ3n) is 3.23. The molecule has 0 bridgehead atoms. The van der Waals surface area contributed by atoms with Crippen molar-refractivity contribution in [2.45, 2.75) is 6.92 Å². The van der Waals surface area contributed by atoms with Crippen LogP contribution >= 0.6 is 0 Å². The second-order valence-corrected chi connectivity index (χ2v) is 4.84. The lowest BCUT2D eigenvalue weighted by atomic mass is 10.1. The Balaban J connectivity index is 2.13. The number of ether oxygens (including phenoxy) is 1. The number of carbonyl (C=O) groups excluding carboxylic acids is 1. The van der Waals surface area contributed by atoms with E-state index in [1.807, 2.05) is 31.2 Å². The standard InChI is InChI=1S/C19H19NO2/c1-4-15-7-5-6-8-18(15)20-14(2)13-19(21)16-9-11-17(22-3)12-10-16/h4-13,20H,1H2,2-3H3/b14-13-. The van der Waals surface area contributed by atoms with E-state index in [1.54, 1.807) is 43.5 Å². The van der Waals surface area contributed by atoms with Crippen LogP contribution in [0.1, 0.15) is 22.8 Å². The third-order valence-corrected chi connectivity index (χ3v) is 3.23. The molecule has 3 heteroatoms. The van der Waals surface area contributed by atoms with Gasteiger partial charge in [-0.1, -0.05) is 30.9 Å². The Morgan fingerprint density at radius 1 is 1.14 bits per heavy atom. The summed E-state index contributed by atoms with van der Waals surface area (Å²) in [5.41, 5.74) is 3.31. The summed E-state index contributed by atoms with van der Waals surface area (Å²) in [7, 11) is 1.60. The average molecular weight is 293 g/mol. The van der Waals surface area contributed by atoms with E-state index in [2.05, 4.69) is 11.9 Å². The lowest BCUT2D eigenvalue weighted by Gasteiger charge is -2.09. The van der Waals surface area contributed by atoms with E-state index in [1.165, 1.54) is 0 Å². The summed E-state index contributed by atoms with van der Waals surface area (Å²) in [6.45, 7) is 5.65. The van der Waals surface area contributed by atoms with Crippen LogP contribution in [0, 0.1) is 0 Å². The van der Waals surface area contributed by atoms with Crippen molar-refractivity contribution in [2.75, 3.05) is 12.4 Å². The number of anilines is 1. The highest BCUT2D eigenvalue weighted by Gasteiger charge is 2.04. The van der Waals surface area contributed by atoms with Crippen molar-refractivity contribution in [2.24, 2.45) is 0 Å². The molecule has 0 aromatic heterocycles. The summed E-state index contributed by atoms with van der Waals surface area (Å²) >= 11 is 0. The molecular weight excluding hydrogens is 274 g/mol. The summed E-state index contributed by atoms with van der Waals surface area (Å²) in [6, 6.07) is 14.9. The first kappa shape index (κ1) is 15.6. The molecule has 1 N–H and O–H groups in total. The third kappa shape index (κ3) is 3.85. The van der Waals surface area contributed by atoms with Crippen LogP contribution in [0.15, 0.2) is 66.9 Å². The fraction of sp³-hybridized carbons (Fsp3) is 0.105. The number of benzene rings is 2. The fourth-order valence-electron chi connectivity index (χ4n) is 2.07. The average Bonchev–Trinajstić information content (AvgIpc) is 2.55. The van der Waals surface area contributed by atoms with Crippen LogP contribution in [0.3, 0.4) is 0 Å². The zero-order valence-corrected chi connectivity index (χ0v) is 12.8. The Kier molecular flexibility index (Phi) is 5.15. The number of methoxy groups -OCH3 is 1. The molecule has 2 aromatic carbocycles. The van der Waals surface area contributed by atoms with Crippen molar-refractivity contribution >= 4 is 17.5 Å². The molecule has 0 saturated heterocycles. The minimum absolute atomic E-state index is 0.0521. The number of hydrogen-bond acceptors (Lipinski definition) is 3. The molecule has 0 fully saturated rings. The van der Waals surface area contributed by atoms with E-state index in [0.717, 1.165) is 22.7 Å². The van der Waals surface area contributed by atoms with Crippen molar-refractivity contribution in [1.82, 2.24) is 0 Å². The predicted molar refractivity (Wildman–Crippen MR) is 91.2 cm³/mol. The molecule has 0 unspecified atom stereocenters. The van der Waals surface area contributed by atoms with Gasteiger partial charge in [-0.05, 0) is 42.8 Å². The molecular formula is C19H19NO2. The number of carbonyl (C=O) groups is 1. The quantitative estimate of drug-likeness (QED) is 0.628. The van der Waals surface area contributed by atoms with Gasteiger partial charge in [-0.25, -0.2) is 0 Å². The molecule has 0 atom stereocenters. The Bertz CT molecular complexity index is 700. The fourth-order valence-corrected chi connectivity index (χ4v) is 2.07. The van der Waals surface area contributed by atoms with Gasteiger partial charge in [0.05, 0.1) is 7.11 Å².